The van der Waals surface area contributed by atoms with Crippen LogP contribution in [0.15, 0.2) is 47.1 Å². The first-order chi connectivity index (χ1) is 13.6. The molecule has 1 saturated carbocycles. The maximum atomic E-state index is 12.5. The first-order valence-corrected chi connectivity index (χ1v) is 9.90. The largest absolute Gasteiger partial charge is 0.441 e. The van der Waals surface area contributed by atoms with Crippen molar-refractivity contribution in [2.24, 2.45) is 0 Å². The molecule has 0 saturated heterocycles. The highest BCUT2D eigenvalue weighted by atomic mass is 16.4. The molecule has 1 fully saturated rings. The van der Waals surface area contributed by atoms with Crippen molar-refractivity contribution in [1.82, 2.24) is 20.1 Å². The molecular formula is C22H26N4O2. The predicted molar refractivity (Wildman–Crippen MR) is 107 cm³/mol. The minimum absolute atomic E-state index is 0.00870. The zero-order chi connectivity index (χ0) is 19.5. The van der Waals surface area contributed by atoms with E-state index in [9.17, 15) is 4.79 Å². The summed E-state index contributed by atoms with van der Waals surface area (Å²) in [6.45, 7) is 3.92. The molecule has 6 nitrogen and oxygen atoms in total. The van der Waals surface area contributed by atoms with Crippen molar-refractivity contribution in [3.05, 3.63) is 59.7 Å². The lowest BCUT2D eigenvalue weighted by molar-refractivity contribution is -0.121. The minimum atomic E-state index is 0.00870. The molecule has 2 aromatic heterocycles. The Hall–Kier alpha value is -2.89. The van der Waals surface area contributed by atoms with E-state index in [2.05, 4.69) is 33.2 Å². The molecule has 0 radical (unpaired) electrons. The normalized spacial score (nSPS) is 19.5. The molecule has 3 aromatic rings. The quantitative estimate of drug-likeness (QED) is 0.728. The number of carbonyl (C=O) groups is 1. The van der Waals surface area contributed by atoms with Crippen molar-refractivity contribution in [3.8, 4) is 11.5 Å². The van der Waals surface area contributed by atoms with Gasteiger partial charge >= 0.3 is 0 Å². The Morgan fingerprint density at radius 3 is 2.61 bits per heavy atom. The highest BCUT2D eigenvalue weighted by Gasteiger charge is 2.24. The molecule has 1 aliphatic rings. The molecule has 1 aromatic carbocycles. The van der Waals surface area contributed by atoms with Gasteiger partial charge in [0.15, 0.2) is 0 Å². The third-order valence-electron chi connectivity index (χ3n) is 5.41. The van der Waals surface area contributed by atoms with Crippen molar-refractivity contribution in [2.75, 3.05) is 0 Å². The van der Waals surface area contributed by atoms with Crippen LogP contribution in [0.1, 0.15) is 48.7 Å². The van der Waals surface area contributed by atoms with E-state index in [4.69, 9.17) is 4.42 Å². The lowest BCUT2D eigenvalue weighted by atomic mass is 9.91. The van der Waals surface area contributed by atoms with Crippen molar-refractivity contribution in [2.45, 2.75) is 58.0 Å². The van der Waals surface area contributed by atoms with Crippen molar-refractivity contribution in [3.63, 3.8) is 0 Å². The van der Waals surface area contributed by atoms with Crippen molar-refractivity contribution in [1.29, 1.82) is 0 Å². The molecule has 1 N–H and O–H groups in total. The lowest BCUT2D eigenvalue weighted by Gasteiger charge is -2.29. The molecule has 1 amide bonds. The summed E-state index contributed by atoms with van der Waals surface area (Å²) in [5, 5.41) is 7.60. The number of amides is 1. The third-order valence-corrected chi connectivity index (χ3v) is 5.41. The highest BCUT2D eigenvalue weighted by molar-refractivity contribution is 5.78. The molecule has 6 heteroatoms. The van der Waals surface area contributed by atoms with Crippen LogP contribution < -0.4 is 5.32 Å². The Balaban J connectivity index is 1.31. The number of benzene rings is 1. The van der Waals surface area contributed by atoms with Gasteiger partial charge in [-0.3, -0.25) is 9.48 Å². The molecule has 2 heterocycles. The minimum Gasteiger partial charge on any atom is -0.441 e. The van der Waals surface area contributed by atoms with Crippen LogP contribution in [0.2, 0.25) is 0 Å². The van der Waals surface area contributed by atoms with Gasteiger partial charge in [-0.25, -0.2) is 4.98 Å². The first-order valence-electron chi connectivity index (χ1n) is 9.90. The van der Waals surface area contributed by atoms with Crippen LogP contribution in [0.3, 0.4) is 0 Å². The van der Waals surface area contributed by atoms with Gasteiger partial charge in [-0.1, -0.05) is 18.2 Å². The molecule has 0 unspecified atom stereocenters. The van der Waals surface area contributed by atoms with Gasteiger partial charge in [-0.2, -0.15) is 5.10 Å². The summed E-state index contributed by atoms with van der Waals surface area (Å²) < 4.78 is 7.82. The van der Waals surface area contributed by atoms with Crippen LogP contribution in [0.4, 0.5) is 0 Å². The van der Waals surface area contributed by atoms with Crippen molar-refractivity contribution >= 4 is 5.91 Å². The van der Waals surface area contributed by atoms with Crippen molar-refractivity contribution < 1.29 is 9.21 Å². The van der Waals surface area contributed by atoms with Gasteiger partial charge in [0.25, 0.3) is 0 Å². The van der Waals surface area contributed by atoms with Crippen LogP contribution in [0.5, 0.6) is 0 Å². The monoisotopic (exact) mass is 378 g/mol. The van der Waals surface area contributed by atoms with E-state index in [-0.39, 0.29) is 18.4 Å². The van der Waals surface area contributed by atoms with Gasteiger partial charge in [0, 0.05) is 17.8 Å². The zero-order valence-electron chi connectivity index (χ0n) is 16.4. The van der Waals surface area contributed by atoms with Crippen LogP contribution in [0.25, 0.3) is 11.5 Å². The van der Waals surface area contributed by atoms with Gasteiger partial charge in [-0.05, 0) is 57.2 Å². The summed E-state index contributed by atoms with van der Waals surface area (Å²) in [7, 11) is 0. The summed E-state index contributed by atoms with van der Waals surface area (Å²) in [5.74, 6) is 1.28. The number of rotatable bonds is 5. The first kappa shape index (κ1) is 18.5. The van der Waals surface area contributed by atoms with E-state index in [1.807, 2.05) is 43.5 Å². The second kappa shape index (κ2) is 8.00. The summed E-state index contributed by atoms with van der Waals surface area (Å²) >= 11 is 0. The topological polar surface area (TPSA) is 73.0 Å². The zero-order valence-corrected chi connectivity index (χ0v) is 16.4. The van der Waals surface area contributed by atoms with Gasteiger partial charge in [0.05, 0.1) is 24.4 Å². The molecule has 0 atom stereocenters. The van der Waals surface area contributed by atoms with Crippen LogP contribution in [0, 0.1) is 13.8 Å². The maximum Gasteiger partial charge on any atom is 0.226 e. The number of hydrogen-bond donors (Lipinski definition) is 1. The Bertz CT molecular complexity index is 937. The Morgan fingerprint density at radius 1 is 1.18 bits per heavy atom. The highest BCUT2D eigenvalue weighted by Crippen LogP contribution is 2.28. The number of aryl methyl sites for hydroxylation is 2. The number of nitrogens with zero attached hydrogens (tertiary/aromatic N) is 3. The fourth-order valence-electron chi connectivity index (χ4n) is 3.84. The van der Waals surface area contributed by atoms with Crippen LogP contribution in [-0.2, 0) is 11.2 Å². The van der Waals surface area contributed by atoms with E-state index in [0.29, 0.717) is 23.4 Å². The standard InChI is InChI=1S/C22H26N4O2/c1-15-13-23-26(14-15)19-10-8-18(9-11-19)24-21(27)12-20-16(2)28-22(25-20)17-6-4-3-5-7-17/h3-7,13-14,18-19H,8-12H2,1-2H3,(H,24,27). The van der Waals surface area contributed by atoms with Gasteiger partial charge in [-0.15, -0.1) is 0 Å². The predicted octanol–water partition coefficient (Wildman–Crippen LogP) is 4.00. The molecule has 4 rings (SSSR count). The van der Waals surface area contributed by atoms with Crippen LogP contribution in [-0.4, -0.2) is 26.7 Å². The summed E-state index contributed by atoms with van der Waals surface area (Å²) in [5.41, 5.74) is 2.81. The molecule has 0 bridgehead atoms. The molecule has 1 aliphatic carbocycles. The fourth-order valence-corrected chi connectivity index (χ4v) is 3.84. The molecule has 0 aliphatic heterocycles. The number of carbonyl (C=O) groups excluding carboxylic acids is 1. The fraction of sp³-hybridized carbons (Fsp3) is 0.409. The molecule has 28 heavy (non-hydrogen) atoms. The summed E-state index contributed by atoms with van der Waals surface area (Å²) in [6, 6.07) is 10.4. The molecule has 0 spiro atoms. The Morgan fingerprint density at radius 2 is 1.93 bits per heavy atom. The lowest BCUT2D eigenvalue weighted by Crippen LogP contribution is -2.39. The SMILES string of the molecule is Cc1cnn(C2CCC(NC(=O)Cc3nc(-c4ccccc4)oc3C)CC2)c1. The Kier molecular flexibility index (Phi) is 5.28. The Labute approximate surface area is 165 Å². The number of nitrogens with one attached hydrogen (secondary N) is 1. The van der Waals surface area contributed by atoms with Gasteiger partial charge in [0.2, 0.25) is 11.8 Å². The van der Waals surface area contributed by atoms with Gasteiger partial charge < -0.3 is 9.73 Å². The smallest absolute Gasteiger partial charge is 0.226 e. The number of aromatic nitrogens is 3. The number of hydrogen-bond acceptors (Lipinski definition) is 4. The number of oxazole rings is 1. The maximum absolute atomic E-state index is 12.5. The molecular weight excluding hydrogens is 352 g/mol. The van der Waals surface area contributed by atoms with Gasteiger partial charge in [0.1, 0.15) is 5.76 Å². The second-order valence-corrected chi connectivity index (χ2v) is 7.64. The van der Waals surface area contributed by atoms with Crippen LogP contribution >= 0.6 is 0 Å². The van der Waals surface area contributed by atoms with E-state index < -0.39 is 0 Å². The van der Waals surface area contributed by atoms with E-state index in [1.165, 1.54) is 5.56 Å². The average Bonchev–Trinajstić information content (AvgIpc) is 3.29. The summed E-state index contributed by atoms with van der Waals surface area (Å²) in [6.07, 6.45) is 8.27. The van der Waals surface area contributed by atoms with E-state index in [0.717, 1.165) is 31.2 Å². The summed E-state index contributed by atoms with van der Waals surface area (Å²) in [4.78, 5) is 17.1. The molecule has 146 valence electrons. The average molecular weight is 378 g/mol. The third kappa shape index (κ3) is 4.16. The van der Waals surface area contributed by atoms with E-state index in [1.54, 1.807) is 0 Å². The second-order valence-electron chi connectivity index (χ2n) is 7.64. The van der Waals surface area contributed by atoms with E-state index >= 15 is 0 Å².